The summed E-state index contributed by atoms with van der Waals surface area (Å²) < 4.78 is 5.31. The van der Waals surface area contributed by atoms with Crippen molar-refractivity contribution in [3.8, 4) is 0 Å². The Hall–Kier alpha value is -2.74. The summed E-state index contributed by atoms with van der Waals surface area (Å²) in [7, 11) is 0. The summed E-state index contributed by atoms with van der Waals surface area (Å²) in [6.45, 7) is 3.65. The Balaban J connectivity index is 1.48. The summed E-state index contributed by atoms with van der Waals surface area (Å²) in [4.78, 5) is 33.5. The second-order valence-electron chi connectivity index (χ2n) is 6.91. The van der Waals surface area contributed by atoms with Gasteiger partial charge in [-0.05, 0) is 31.0 Å². The largest absolute Gasteiger partial charge is 0.378 e. The van der Waals surface area contributed by atoms with Crippen molar-refractivity contribution in [2.75, 3.05) is 39.4 Å². The van der Waals surface area contributed by atoms with Gasteiger partial charge in [-0.3, -0.25) is 14.7 Å². The van der Waals surface area contributed by atoms with Crippen LogP contribution in [0.1, 0.15) is 45.4 Å². The van der Waals surface area contributed by atoms with E-state index in [2.05, 4.69) is 15.2 Å². The monoisotopic (exact) mass is 369 g/mol. The minimum atomic E-state index is -0.0543. The highest BCUT2D eigenvalue weighted by Gasteiger charge is 2.28. The number of nitrogens with zero attached hydrogens (tertiary/aromatic N) is 4. The van der Waals surface area contributed by atoms with Gasteiger partial charge in [0.05, 0.1) is 13.2 Å². The fraction of sp³-hybridized carbons (Fsp3) is 0.474. The van der Waals surface area contributed by atoms with E-state index in [4.69, 9.17) is 4.74 Å². The molecule has 142 valence electrons. The topological polar surface area (TPSA) is 91.4 Å². The molecule has 0 unspecified atom stereocenters. The van der Waals surface area contributed by atoms with E-state index in [0.29, 0.717) is 44.2 Å². The highest BCUT2D eigenvalue weighted by molar-refractivity contribution is 5.93. The van der Waals surface area contributed by atoms with Crippen LogP contribution in [0.15, 0.2) is 30.5 Å². The van der Waals surface area contributed by atoms with E-state index >= 15 is 0 Å². The van der Waals surface area contributed by atoms with Crippen LogP contribution >= 0.6 is 0 Å². The smallest absolute Gasteiger partial charge is 0.272 e. The Morgan fingerprint density at radius 2 is 1.93 bits per heavy atom. The van der Waals surface area contributed by atoms with Gasteiger partial charge in [0.25, 0.3) is 11.8 Å². The normalized spacial score (nSPS) is 20.5. The molecule has 0 saturated carbocycles. The molecule has 8 nitrogen and oxygen atoms in total. The molecular weight excluding hydrogens is 346 g/mol. The predicted octanol–water partition coefficient (Wildman–Crippen LogP) is 1.30. The molecule has 4 rings (SSSR count). The van der Waals surface area contributed by atoms with Crippen molar-refractivity contribution in [1.29, 1.82) is 0 Å². The number of aromatic amines is 1. The molecule has 1 atom stereocenters. The van der Waals surface area contributed by atoms with Crippen molar-refractivity contribution in [2.45, 2.75) is 18.8 Å². The van der Waals surface area contributed by atoms with Crippen molar-refractivity contribution < 1.29 is 14.3 Å². The molecule has 2 aromatic heterocycles. The Labute approximate surface area is 157 Å². The molecule has 2 fully saturated rings. The summed E-state index contributed by atoms with van der Waals surface area (Å²) in [6, 6.07) is 7.28. The summed E-state index contributed by atoms with van der Waals surface area (Å²) in [6.07, 6.45) is 3.44. The van der Waals surface area contributed by atoms with Crippen molar-refractivity contribution in [3.05, 3.63) is 47.5 Å². The van der Waals surface area contributed by atoms with Crippen LogP contribution in [0.3, 0.4) is 0 Å². The van der Waals surface area contributed by atoms with Crippen LogP contribution in [0.2, 0.25) is 0 Å². The van der Waals surface area contributed by atoms with Crippen LogP contribution < -0.4 is 0 Å². The van der Waals surface area contributed by atoms with E-state index in [0.717, 1.165) is 25.1 Å². The maximum atomic E-state index is 12.7. The lowest BCUT2D eigenvalue weighted by Crippen LogP contribution is -2.41. The van der Waals surface area contributed by atoms with Gasteiger partial charge in [-0.1, -0.05) is 6.07 Å². The van der Waals surface area contributed by atoms with Crippen LogP contribution in [0, 0.1) is 0 Å². The average molecular weight is 369 g/mol. The SMILES string of the molecule is O=C(c1cccc([C@@H]2CCCN(C(=O)c3ccn[nH]3)C2)n1)N1CCOCC1. The van der Waals surface area contributed by atoms with Crippen LogP contribution in [0.5, 0.6) is 0 Å². The quantitative estimate of drug-likeness (QED) is 0.880. The van der Waals surface area contributed by atoms with Gasteiger partial charge in [0.1, 0.15) is 11.4 Å². The van der Waals surface area contributed by atoms with Gasteiger partial charge in [0, 0.05) is 44.0 Å². The number of hydrogen-bond acceptors (Lipinski definition) is 5. The van der Waals surface area contributed by atoms with E-state index in [1.165, 1.54) is 0 Å². The molecule has 1 N–H and O–H groups in total. The first-order valence-corrected chi connectivity index (χ1v) is 9.35. The number of piperidine rings is 1. The maximum Gasteiger partial charge on any atom is 0.272 e. The molecule has 4 heterocycles. The number of morpholine rings is 1. The van der Waals surface area contributed by atoms with Gasteiger partial charge < -0.3 is 14.5 Å². The van der Waals surface area contributed by atoms with Crippen LogP contribution in [-0.2, 0) is 4.74 Å². The average Bonchev–Trinajstić information content (AvgIpc) is 3.28. The van der Waals surface area contributed by atoms with E-state index < -0.39 is 0 Å². The molecule has 2 saturated heterocycles. The maximum absolute atomic E-state index is 12.7. The molecule has 2 aromatic rings. The first kappa shape index (κ1) is 17.7. The number of nitrogens with one attached hydrogen (secondary N) is 1. The van der Waals surface area contributed by atoms with Crippen molar-refractivity contribution in [2.24, 2.45) is 0 Å². The predicted molar refractivity (Wildman–Crippen MR) is 97.4 cm³/mol. The third-order valence-corrected chi connectivity index (χ3v) is 5.15. The number of carbonyl (C=O) groups excluding carboxylic acids is 2. The highest BCUT2D eigenvalue weighted by atomic mass is 16.5. The molecule has 2 amide bonds. The number of rotatable bonds is 3. The van der Waals surface area contributed by atoms with Crippen molar-refractivity contribution in [3.63, 3.8) is 0 Å². The minimum absolute atomic E-state index is 0.0438. The van der Waals surface area contributed by atoms with Gasteiger partial charge in [-0.25, -0.2) is 4.98 Å². The van der Waals surface area contributed by atoms with Gasteiger partial charge in [0.15, 0.2) is 0 Å². The number of aromatic nitrogens is 3. The molecule has 2 aliphatic rings. The number of amides is 2. The zero-order valence-electron chi connectivity index (χ0n) is 15.1. The molecular formula is C19H23N5O3. The van der Waals surface area contributed by atoms with Gasteiger partial charge in [-0.15, -0.1) is 0 Å². The minimum Gasteiger partial charge on any atom is -0.378 e. The lowest BCUT2D eigenvalue weighted by molar-refractivity contribution is 0.0298. The van der Waals surface area contributed by atoms with E-state index in [9.17, 15) is 9.59 Å². The molecule has 27 heavy (non-hydrogen) atoms. The highest BCUT2D eigenvalue weighted by Crippen LogP contribution is 2.26. The zero-order valence-corrected chi connectivity index (χ0v) is 15.1. The summed E-state index contributed by atoms with van der Waals surface area (Å²) in [5.74, 6) is 0.0298. The van der Waals surface area contributed by atoms with Crippen molar-refractivity contribution >= 4 is 11.8 Å². The first-order chi connectivity index (χ1) is 13.2. The van der Waals surface area contributed by atoms with Crippen LogP contribution in [-0.4, -0.2) is 76.2 Å². The van der Waals surface area contributed by atoms with Crippen LogP contribution in [0.4, 0.5) is 0 Å². The second kappa shape index (κ2) is 7.87. The van der Waals surface area contributed by atoms with Gasteiger partial charge >= 0.3 is 0 Å². The molecule has 0 radical (unpaired) electrons. The Morgan fingerprint density at radius 3 is 2.70 bits per heavy atom. The second-order valence-corrected chi connectivity index (χ2v) is 6.91. The zero-order chi connectivity index (χ0) is 18.6. The van der Waals surface area contributed by atoms with E-state index in [1.807, 2.05) is 17.0 Å². The third kappa shape index (κ3) is 3.85. The molecule has 8 heteroatoms. The molecule has 0 aliphatic carbocycles. The Morgan fingerprint density at radius 1 is 1.07 bits per heavy atom. The summed E-state index contributed by atoms with van der Waals surface area (Å²) >= 11 is 0. The summed E-state index contributed by atoms with van der Waals surface area (Å²) in [5, 5.41) is 6.59. The van der Waals surface area contributed by atoms with Crippen molar-refractivity contribution in [1.82, 2.24) is 25.0 Å². The number of carbonyl (C=O) groups is 2. The number of pyridine rings is 1. The number of H-pyrrole nitrogens is 1. The molecule has 2 aliphatic heterocycles. The lowest BCUT2D eigenvalue weighted by atomic mass is 9.94. The van der Waals surface area contributed by atoms with E-state index in [1.54, 1.807) is 23.2 Å². The number of hydrogen-bond donors (Lipinski definition) is 1. The van der Waals surface area contributed by atoms with E-state index in [-0.39, 0.29) is 17.7 Å². The fourth-order valence-corrected chi connectivity index (χ4v) is 3.67. The summed E-state index contributed by atoms with van der Waals surface area (Å²) in [5.41, 5.74) is 1.84. The number of likely N-dealkylation sites (tertiary alicyclic amines) is 1. The lowest BCUT2D eigenvalue weighted by Gasteiger charge is -2.32. The molecule has 0 aromatic carbocycles. The van der Waals surface area contributed by atoms with Gasteiger partial charge in [0.2, 0.25) is 0 Å². The van der Waals surface area contributed by atoms with Gasteiger partial charge in [-0.2, -0.15) is 5.10 Å². The van der Waals surface area contributed by atoms with Crippen LogP contribution in [0.25, 0.3) is 0 Å². The standard InChI is InChI=1S/C19H23N5O3/c25-18(23-9-11-27-12-10-23)16-5-1-4-15(21-16)14-3-2-8-24(13-14)19(26)17-6-7-20-22-17/h1,4-7,14H,2-3,8-13H2,(H,20,22)/t14-/m1/s1. The molecule has 0 bridgehead atoms. The Bertz CT molecular complexity index is 801. The fourth-order valence-electron chi connectivity index (χ4n) is 3.67. The first-order valence-electron chi connectivity index (χ1n) is 9.35. The number of ether oxygens (including phenoxy) is 1. The Kier molecular flexibility index (Phi) is 5.15. The third-order valence-electron chi connectivity index (χ3n) is 5.15. The molecule has 0 spiro atoms.